The van der Waals surface area contributed by atoms with E-state index in [4.69, 9.17) is 14.2 Å². The molecule has 0 fully saturated rings. The van der Waals surface area contributed by atoms with E-state index in [1.807, 2.05) is 0 Å². The molecule has 0 aromatic rings. The van der Waals surface area contributed by atoms with Crippen LogP contribution in [-0.2, 0) is 28.6 Å². The molecule has 82 heavy (non-hydrogen) atoms. The van der Waals surface area contributed by atoms with Crippen LogP contribution in [0, 0.1) is 0 Å². The highest BCUT2D eigenvalue weighted by Crippen LogP contribution is 2.16. The number of esters is 3. The van der Waals surface area contributed by atoms with Gasteiger partial charge in [-0.25, -0.2) is 0 Å². The van der Waals surface area contributed by atoms with E-state index in [-0.39, 0.29) is 31.1 Å². The van der Waals surface area contributed by atoms with Gasteiger partial charge in [-0.2, -0.15) is 0 Å². The Morgan fingerprint density at radius 1 is 0.256 bits per heavy atom. The molecule has 0 radical (unpaired) electrons. The number of hydrogen-bond donors (Lipinski definition) is 0. The lowest BCUT2D eigenvalue weighted by Gasteiger charge is -2.18. The van der Waals surface area contributed by atoms with E-state index in [2.05, 4.69) is 154 Å². The monoisotopic (exact) mass is 1130 g/mol. The lowest BCUT2D eigenvalue weighted by molar-refractivity contribution is -0.167. The van der Waals surface area contributed by atoms with Gasteiger partial charge in [0.15, 0.2) is 6.10 Å². The van der Waals surface area contributed by atoms with Gasteiger partial charge in [0.2, 0.25) is 0 Å². The molecule has 6 nitrogen and oxygen atoms in total. The third-order valence-electron chi connectivity index (χ3n) is 14.4. The first kappa shape index (κ1) is 77.5. The molecule has 0 bridgehead atoms. The van der Waals surface area contributed by atoms with Crippen LogP contribution in [0.5, 0.6) is 0 Å². The van der Waals surface area contributed by atoms with Crippen LogP contribution >= 0.6 is 0 Å². The standard InChI is InChI=1S/C76H126O6/c1-4-7-10-13-16-19-22-25-28-30-32-34-36-38-40-42-44-46-48-51-54-57-60-63-66-69-75(78)81-72-73(71-80-74(77)68-65-62-59-56-53-50-27-24-21-18-15-12-9-6-3)82-76(79)70-67-64-61-58-55-52-49-47-45-43-41-39-37-35-33-31-29-26-23-20-17-14-11-8-5-2/h7-8,10-11,16-17,19-20,25-26,28-29,32-35,38,40,44,46,51,54,73H,4-6,9,12-15,18,21-24,27,30-31,36-37,39,41-43,45,47-50,52-53,55-72H2,1-3H3/b10-7-,11-8-,19-16-,20-17-,28-25-,29-26-,34-32-,35-33-,40-38-,46-44-,54-51-. The normalized spacial score (nSPS) is 13.0. The second-order valence-corrected chi connectivity index (χ2v) is 22.3. The van der Waals surface area contributed by atoms with Crippen molar-refractivity contribution in [2.45, 2.75) is 316 Å². The first-order valence-electron chi connectivity index (χ1n) is 34.2. The van der Waals surface area contributed by atoms with Crippen LogP contribution in [0.1, 0.15) is 310 Å². The summed E-state index contributed by atoms with van der Waals surface area (Å²) in [5, 5.41) is 0. The Morgan fingerprint density at radius 3 is 0.756 bits per heavy atom. The summed E-state index contributed by atoms with van der Waals surface area (Å²) < 4.78 is 16.9. The van der Waals surface area contributed by atoms with E-state index >= 15 is 0 Å². The average molecular weight is 1140 g/mol. The fourth-order valence-electron chi connectivity index (χ4n) is 9.36. The van der Waals surface area contributed by atoms with Crippen molar-refractivity contribution in [3.05, 3.63) is 134 Å². The highest BCUT2D eigenvalue weighted by molar-refractivity contribution is 5.71. The molecule has 0 N–H and O–H groups in total. The Balaban J connectivity index is 4.41. The highest BCUT2D eigenvalue weighted by atomic mass is 16.6. The van der Waals surface area contributed by atoms with Gasteiger partial charge in [0, 0.05) is 19.3 Å². The van der Waals surface area contributed by atoms with Crippen LogP contribution < -0.4 is 0 Å². The predicted molar refractivity (Wildman–Crippen MR) is 357 cm³/mol. The molecule has 0 aliphatic rings. The predicted octanol–water partition coefficient (Wildman–Crippen LogP) is 23.7. The number of carbonyl (C=O) groups is 3. The summed E-state index contributed by atoms with van der Waals surface area (Å²) in [4.78, 5) is 38.4. The molecule has 0 spiro atoms. The minimum Gasteiger partial charge on any atom is -0.462 e. The van der Waals surface area contributed by atoms with Gasteiger partial charge >= 0.3 is 17.9 Å². The second kappa shape index (κ2) is 69.0. The number of allylic oxidation sites excluding steroid dienone is 22. The van der Waals surface area contributed by atoms with Crippen LogP contribution in [0.3, 0.4) is 0 Å². The van der Waals surface area contributed by atoms with Crippen molar-refractivity contribution >= 4 is 17.9 Å². The Bertz CT molecular complexity index is 1730. The van der Waals surface area contributed by atoms with Crippen LogP contribution in [0.15, 0.2) is 134 Å². The summed E-state index contributed by atoms with van der Waals surface area (Å²) in [6.45, 7) is 6.41. The van der Waals surface area contributed by atoms with Crippen molar-refractivity contribution in [2.24, 2.45) is 0 Å². The lowest BCUT2D eigenvalue weighted by Crippen LogP contribution is -2.30. The third-order valence-corrected chi connectivity index (χ3v) is 14.4. The number of carbonyl (C=O) groups excluding carboxylic acids is 3. The Morgan fingerprint density at radius 2 is 0.476 bits per heavy atom. The molecule has 6 heteroatoms. The minimum atomic E-state index is -0.798. The van der Waals surface area contributed by atoms with Crippen molar-refractivity contribution in [2.75, 3.05) is 13.2 Å². The van der Waals surface area contributed by atoms with Gasteiger partial charge in [-0.15, -0.1) is 0 Å². The molecule has 0 aromatic heterocycles. The van der Waals surface area contributed by atoms with Gasteiger partial charge in [-0.05, 0) is 116 Å². The fraction of sp³-hybridized carbons (Fsp3) is 0.671. The van der Waals surface area contributed by atoms with Gasteiger partial charge < -0.3 is 14.2 Å². The van der Waals surface area contributed by atoms with Gasteiger partial charge in [-0.1, -0.05) is 309 Å². The molecule has 0 saturated heterocycles. The zero-order valence-electron chi connectivity index (χ0n) is 53.5. The van der Waals surface area contributed by atoms with Crippen molar-refractivity contribution in [3.63, 3.8) is 0 Å². The summed E-state index contributed by atoms with van der Waals surface area (Å²) >= 11 is 0. The molecule has 466 valence electrons. The van der Waals surface area contributed by atoms with E-state index in [1.54, 1.807) is 0 Å². The zero-order chi connectivity index (χ0) is 59.2. The zero-order valence-corrected chi connectivity index (χ0v) is 53.5. The average Bonchev–Trinajstić information content (AvgIpc) is 3.47. The van der Waals surface area contributed by atoms with Gasteiger partial charge in [0.25, 0.3) is 0 Å². The molecule has 1 atom stereocenters. The summed E-state index contributed by atoms with van der Waals surface area (Å²) in [7, 11) is 0. The quantitative estimate of drug-likeness (QED) is 0.0261. The van der Waals surface area contributed by atoms with Crippen molar-refractivity contribution in [1.82, 2.24) is 0 Å². The van der Waals surface area contributed by atoms with Crippen LogP contribution in [0.25, 0.3) is 0 Å². The molecule has 0 amide bonds. The van der Waals surface area contributed by atoms with E-state index in [1.165, 1.54) is 135 Å². The first-order valence-corrected chi connectivity index (χ1v) is 34.2. The molecule has 0 rings (SSSR count). The summed E-state index contributed by atoms with van der Waals surface area (Å²) in [6, 6.07) is 0. The van der Waals surface area contributed by atoms with Crippen LogP contribution in [0.2, 0.25) is 0 Å². The maximum atomic E-state index is 13.0. The second-order valence-electron chi connectivity index (χ2n) is 22.3. The molecular formula is C76H126O6. The molecule has 0 aliphatic heterocycles. The largest absolute Gasteiger partial charge is 0.462 e. The van der Waals surface area contributed by atoms with Crippen molar-refractivity contribution in [3.8, 4) is 0 Å². The van der Waals surface area contributed by atoms with Crippen LogP contribution in [0.4, 0.5) is 0 Å². The smallest absolute Gasteiger partial charge is 0.306 e. The summed E-state index contributed by atoms with van der Waals surface area (Å²) in [5.74, 6) is -0.918. The third kappa shape index (κ3) is 66.4. The van der Waals surface area contributed by atoms with Gasteiger partial charge in [0.1, 0.15) is 13.2 Å². The highest BCUT2D eigenvalue weighted by Gasteiger charge is 2.19. The number of unbranched alkanes of at least 4 members (excludes halogenated alkanes) is 28. The van der Waals surface area contributed by atoms with E-state index in [0.29, 0.717) is 19.3 Å². The van der Waals surface area contributed by atoms with E-state index in [0.717, 1.165) is 135 Å². The van der Waals surface area contributed by atoms with Crippen molar-refractivity contribution < 1.29 is 28.6 Å². The number of hydrogen-bond acceptors (Lipinski definition) is 6. The molecule has 0 aromatic carbocycles. The van der Waals surface area contributed by atoms with E-state index in [9.17, 15) is 14.4 Å². The lowest BCUT2D eigenvalue weighted by atomic mass is 10.0. The first-order chi connectivity index (χ1) is 40.5. The topological polar surface area (TPSA) is 78.9 Å². The van der Waals surface area contributed by atoms with Gasteiger partial charge in [0.05, 0.1) is 0 Å². The van der Waals surface area contributed by atoms with Crippen LogP contribution in [-0.4, -0.2) is 37.2 Å². The minimum absolute atomic E-state index is 0.0899. The van der Waals surface area contributed by atoms with E-state index < -0.39 is 6.10 Å². The number of rotatable bonds is 61. The molecule has 0 aliphatic carbocycles. The molecular weight excluding hydrogens is 1010 g/mol. The Labute approximate surface area is 506 Å². The van der Waals surface area contributed by atoms with Gasteiger partial charge in [-0.3, -0.25) is 14.4 Å². The Kier molecular flexibility index (Phi) is 65.3. The molecule has 0 saturated carbocycles. The number of ether oxygens (including phenoxy) is 3. The SMILES string of the molecule is CC/C=C\C/C=C\C/C=C\C/C=C\C/C=C\C/C=C\C/C=C\CCCCCC(=O)OCC(COC(=O)CCCCCCCCCCCCCCCC)OC(=O)CCCCCCCCCCCCCC/C=C\C/C=C\C/C=C\C/C=C\CC. The van der Waals surface area contributed by atoms with Crippen molar-refractivity contribution in [1.29, 1.82) is 0 Å². The maximum Gasteiger partial charge on any atom is 0.306 e. The molecule has 1 unspecified atom stereocenters. The molecule has 0 heterocycles. The summed E-state index contributed by atoms with van der Waals surface area (Å²) in [5.41, 5.74) is 0. The Hall–Kier alpha value is -4.45. The fourth-order valence-corrected chi connectivity index (χ4v) is 9.36. The maximum absolute atomic E-state index is 13.0. The summed E-state index contributed by atoms with van der Waals surface area (Å²) in [6.07, 6.45) is 97.5.